The Morgan fingerprint density at radius 2 is 2.21 bits per heavy atom. The smallest absolute Gasteiger partial charge is 0.331 e. The zero-order valence-corrected chi connectivity index (χ0v) is 7.66. The molecule has 14 heavy (non-hydrogen) atoms. The molecule has 1 unspecified atom stereocenters. The summed E-state index contributed by atoms with van der Waals surface area (Å²) >= 11 is 0. The van der Waals surface area contributed by atoms with Crippen LogP contribution in [0.4, 0.5) is 4.39 Å². The van der Waals surface area contributed by atoms with Crippen LogP contribution in [0.1, 0.15) is 17.2 Å². The van der Waals surface area contributed by atoms with E-state index in [1.807, 2.05) is 0 Å². The Balaban J connectivity index is 2.30. The van der Waals surface area contributed by atoms with Crippen molar-refractivity contribution in [2.75, 3.05) is 0 Å². The van der Waals surface area contributed by atoms with Gasteiger partial charge < -0.3 is 4.74 Å². The number of halogens is 1. The normalized spacial score (nSPS) is 19.9. The minimum Gasteiger partial charge on any atom is -0.450 e. The van der Waals surface area contributed by atoms with Gasteiger partial charge in [-0.2, -0.15) is 0 Å². The van der Waals surface area contributed by atoms with Gasteiger partial charge in [0, 0.05) is 6.08 Å². The van der Waals surface area contributed by atoms with E-state index in [-0.39, 0.29) is 17.9 Å². The molecule has 0 amide bonds. The van der Waals surface area contributed by atoms with E-state index in [4.69, 9.17) is 4.74 Å². The van der Waals surface area contributed by atoms with Crippen LogP contribution in [0.3, 0.4) is 0 Å². The van der Waals surface area contributed by atoms with Crippen molar-refractivity contribution in [3.63, 3.8) is 0 Å². The van der Waals surface area contributed by atoms with E-state index < -0.39 is 0 Å². The fourth-order valence-corrected chi connectivity index (χ4v) is 1.39. The predicted octanol–water partition coefficient (Wildman–Crippen LogP) is 2.29. The summed E-state index contributed by atoms with van der Waals surface area (Å²) in [6.07, 6.45) is 2.68. The number of carbonyl (C=O) groups excluding carboxylic acids is 1. The van der Waals surface area contributed by atoms with Gasteiger partial charge in [-0.05, 0) is 36.3 Å². The molecule has 0 radical (unpaired) electrons. The van der Waals surface area contributed by atoms with Gasteiger partial charge in [-0.25, -0.2) is 9.18 Å². The van der Waals surface area contributed by atoms with Gasteiger partial charge in [0.05, 0.1) is 0 Å². The second-order valence-corrected chi connectivity index (χ2v) is 3.23. The molecule has 1 aromatic rings. The Bertz CT molecular complexity index is 410. The number of aryl methyl sites for hydroxylation is 1. The van der Waals surface area contributed by atoms with E-state index in [1.54, 1.807) is 25.1 Å². The molecule has 72 valence electrons. The molecule has 1 aliphatic heterocycles. The maximum atomic E-state index is 12.9. The molecule has 1 atom stereocenters. The number of rotatable bonds is 1. The van der Waals surface area contributed by atoms with Gasteiger partial charge in [0.2, 0.25) is 0 Å². The van der Waals surface area contributed by atoms with Crippen molar-refractivity contribution >= 4 is 5.97 Å². The fraction of sp³-hybridized carbons (Fsp3) is 0.182. The van der Waals surface area contributed by atoms with Gasteiger partial charge in [-0.15, -0.1) is 0 Å². The second-order valence-electron chi connectivity index (χ2n) is 3.23. The number of benzene rings is 1. The maximum absolute atomic E-state index is 12.9. The summed E-state index contributed by atoms with van der Waals surface area (Å²) in [5.74, 6) is -0.598. The number of carbonyl (C=O) groups is 1. The van der Waals surface area contributed by atoms with Gasteiger partial charge >= 0.3 is 5.97 Å². The summed E-state index contributed by atoms with van der Waals surface area (Å²) in [6, 6.07) is 4.68. The summed E-state index contributed by atoms with van der Waals surface area (Å²) in [5, 5.41) is 0. The van der Waals surface area contributed by atoms with Gasteiger partial charge in [-0.3, -0.25) is 0 Å². The highest BCUT2D eigenvalue weighted by Gasteiger charge is 2.18. The van der Waals surface area contributed by atoms with Crippen LogP contribution in [0.15, 0.2) is 30.4 Å². The lowest BCUT2D eigenvalue weighted by molar-refractivity contribution is -0.138. The first-order valence-electron chi connectivity index (χ1n) is 4.31. The molecule has 0 bridgehead atoms. The van der Waals surface area contributed by atoms with E-state index in [2.05, 4.69) is 0 Å². The van der Waals surface area contributed by atoms with E-state index in [1.165, 1.54) is 12.1 Å². The molecule has 1 heterocycles. The minimum absolute atomic E-state index is 0.248. The summed E-state index contributed by atoms with van der Waals surface area (Å²) in [4.78, 5) is 10.8. The molecule has 0 saturated heterocycles. The third-order valence-corrected chi connectivity index (χ3v) is 2.16. The van der Waals surface area contributed by atoms with Crippen molar-refractivity contribution in [2.45, 2.75) is 13.0 Å². The lowest BCUT2D eigenvalue weighted by atomic mass is 10.1. The average molecular weight is 192 g/mol. The fourth-order valence-electron chi connectivity index (χ4n) is 1.39. The first-order valence-corrected chi connectivity index (χ1v) is 4.31. The van der Waals surface area contributed by atoms with Crippen molar-refractivity contribution < 1.29 is 13.9 Å². The number of ether oxygens (including phenoxy) is 1. The molecule has 0 aromatic heterocycles. The molecule has 3 heteroatoms. The second kappa shape index (κ2) is 3.25. The van der Waals surface area contributed by atoms with Crippen molar-refractivity contribution in [2.24, 2.45) is 0 Å². The number of hydrogen-bond donors (Lipinski definition) is 0. The van der Waals surface area contributed by atoms with Gasteiger partial charge in [0.25, 0.3) is 0 Å². The number of hydrogen-bond acceptors (Lipinski definition) is 2. The molecule has 0 N–H and O–H groups in total. The minimum atomic E-state index is -0.359. The molecule has 0 aliphatic carbocycles. The van der Waals surface area contributed by atoms with Crippen LogP contribution in [0.25, 0.3) is 0 Å². The Morgan fingerprint density at radius 1 is 1.43 bits per heavy atom. The van der Waals surface area contributed by atoms with Crippen molar-refractivity contribution in [3.8, 4) is 0 Å². The highest BCUT2D eigenvalue weighted by atomic mass is 19.1. The van der Waals surface area contributed by atoms with E-state index >= 15 is 0 Å². The molecule has 2 nitrogen and oxygen atoms in total. The van der Waals surface area contributed by atoms with Crippen LogP contribution in [-0.2, 0) is 9.53 Å². The molecule has 2 rings (SSSR count). The molecule has 0 saturated carbocycles. The van der Waals surface area contributed by atoms with Gasteiger partial charge in [0.1, 0.15) is 11.9 Å². The summed E-state index contributed by atoms with van der Waals surface area (Å²) in [6.45, 7) is 1.68. The summed E-state index contributed by atoms with van der Waals surface area (Å²) in [5.41, 5.74) is 1.35. The van der Waals surface area contributed by atoms with Crippen LogP contribution < -0.4 is 0 Å². The monoisotopic (exact) mass is 192 g/mol. The standard InChI is InChI=1S/C11H9FO2/c1-7-6-8(2-3-9(7)12)10-4-5-11(13)14-10/h2-6,10H,1H3. The van der Waals surface area contributed by atoms with E-state index in [0.29, 0.717) is 5.56 Å². The lowest BCUT2D eigenvalue weighted by Gasteiger charge is -2.09. The topological polar surface area (TPSA) is 26.3 Å². The zero-order valence-electron chi connectivity index (χ0n) is 7.66. The maximum Gasteiger partial charge on any atom is 0.331 e. The van der Waals surface area contributed by atoms with Crippen LogP contribution in [0, 0.1) is 12.7 Å². The Labute approximate surface area is 81.0 Å². The first-order chi connectivity index (χ1) is 6.66. The molecular formula is C11H9FO2. The van der Waals surface area contributed by atoms with E-state index in [9.17, 15) is 9.18 Å². The van der Waals surface area contributed by atoms with Crippen molar-refractivity contribution in [3.05, 3.63) is 47.3 Å². The molecule has 1 aromatic carbocycles. The van der Waals surface area contributed by atoms with Crippen LogP contribution in [-0.4, -0.2) is 5.97 Å². The van der Waals surface area contributed by atoms with E-state index in [0.717, 1.165) is 5.56 Å². The van der Waals surface area contributed by atoms with Crippen molar-refractivity contribution in [1.29, 1.82) is 0 Å². The van der Waals surface area contributed by atoms with Crippen LogP contribution in [0.5, 0.6) is 0 Å². The average Bonchev–Trinajstić information content (AvgIpc) is 2.57. The number of cyclic esters (lactones) is 1. The molecule has 1 aliphatic rings. The quantitative estimate of drug-likeness (QED) is 0.638. The zero-order chi connectivity index (χ0) is 10.1. The van der Waals surface area contributed by atoms with Crippen molar-refractivity contribution in [1.82, 2.24) is 0 Å². The van der Waals surface area contributed by atoms with Crippen LogP contribution in [0.2, 0.25) is 0 Å². The largest absolute Gasteiger partial charge is 0.450 e. The highest BCUT2D eigenvalue weighted by molar-refractivity contribution is 5.84. The van der Waals surface area contributed by atoms with Gasteiger partial charge in [0.15, 0.2) is 0 Å². The molecule has 0 fully saturated rings. The molecule has 0 spiro atoms. The Hall–Kier alpha value is -1.64. The third-order valence-electron chi connectivity index (χ3n) is 2.16. The third kappa shape index (κ3) is 1.53. The SMILES string of the molecule is Cc1cc(C2C=CC(=O)O2)ccc1F. The first kappa shape index (κ1) is 8.94. The highest BCUT2D eigenvalue weighted by Crippen LogP contribution is 2.24. The molecular weight excluding hydrogens is 183 g/mol. The lowest BCUT2D eigenvalue weighted by Crippen LogP contribution is -2.00. The Kier molecular flexibility index (Phi) is 2.08. The van der Waals surface area contributed by atoms with Gasteiger partial charge in [-0.1, -0.05) is 6.07 Å². The Morgan fingerprint density at radius 3 is 2.79 bits per heavy atom. The summed E-state index contributed by atoms with van der Waals surface area (Å²) < 4.78 is 17.9. The summed E-state index contributed by atoms with van der Waals surface area (Å²) in [7, 11) is 0. The number of esters is 1. The van der Waals surface area contributed by atoms with Crippen LogP contribution >= 0.6 is 0 Å². The predicted molar refractivity (Wildman–Crippen MR) is 49.1 cm³/mol.